The molecule has 0 radical (unpaired) electrons. The molecule has 1 aromatic heterocycles. The third-order valence-corrected chi connectivity index (χ3v) is 5.65. The van der Waals surface area contributed by atoms with Crippen molar-refractivity contribution in [2.24, 2.45) is 0 Å². The largest absolute Gasteiger partial charge is 0.354 e. The van der Waals surface area contributed by atoms with Gasteiger partial charge in [-0.2, -0.15) is 0 Å². The third-order valence-electron chi connectivity index (χ3n) is 5.65. The topological polar surface area (TPSA) is 20.2 Å². The Bertz CT molecular complexity index is 1050. The Labute approximate surface area is 154 Å². The first kappa shape index (κ1) is 15.4. The summed E-state index contributed by atoms with van der Waals surface area (Å²) in [5.74, 6) is 0. The molecule has 1 unspecified atom stereocenters. The lowest BCUT2D eigenvalue weighted by Gasteiger charge is -2.14. The van der Waals surface area contributed by atoms with Crippen molar-refractivity contribution >= 4 is 16.6 Å². The van der Waals surface area contributed by atoms with E-state index < -0.39 is 0 Å². The monoisotopic (exact) mass is 339 g/mol. The predicted molar refractivity (Wildman–Crippen MR) is 108 cm³/mol. The van der Waals surface area contributed by atoms with Crippen LogP contribution in [0.1, 0.15) is 11.1 Å². The number of quaternary nitrogens is 1. The predicted octanol–water partition coefficient (Wildman–Crippen LogP) is 4.15. The van der Waals surface area contributed by atoms with Gasteiger partial charge in [-0.1, -0.05) is 66.7 Å². The van der Waals surface area contributed by atoms with Gasteiger partial charge >= 0.3 is 0 Å². The summed E-state index contributed by atoms with van der Waals surface area (Å²) in [6.45, 7) is 2.35. The first-order chi connectivity index (χ1) is 12.9. The van der Waals surface area contributed by atoms with Crippen LogP contribution in [0.2, 0.25) is 0 Å². The lowest BCUT2D eigenvalue weighted by molar-refractivity contribution is -0.825. The number of fused-ring (bicyclic) bond motifs is 2. The van der Waals surface area contributed by atoms with Gasteiger partial charge in [-0.25, -0.2) is 0 Å². The van der Waals surface area contributed by atoms with E-state index in [1.54, 1.807) is 4.90 Å². The Kier molecular flexibility index (Phi) is 3.84. The smallest absolute Gasteiger partial charge is 0.134 e. The molecule has 1 aliphatic rings. The highest BCUT2D eigenvalue weighted by Crippen LogP contribution is 2.30. The molecule has 1 aliphatic heterocycles. The van der Waals surface area contributed by atoms with Crippen molar-refractivity contribution in [1.29, 1.82) is 0 Å². The number of para-hydroxylation sites is 2. The van der Waals surface area contributed by atoms with Crippen LogP contribution in [-0.4, -0.2) is 18.1 Å². The number of H-pyrrole nitrogens is 1. The lowest BCUT2D eigenvalue weighted by atomic mass is 10.0. The Morgan fingerprint density at radius 2 is 1.58 bits per heavy atom. The quantitative estimate of drug-likeness (QED) is 0.557. The van der Waals surface area contributed by atoms with E-state index in [1.807, 2.05) is 0 Å². The van der Waals surface area contributed by atoms with Gasteiger partial charge < -0.3 is 9.88 Å². The summed E-state index contributed by atoms with van der Waals surface area (Å²) in [5.41, 5.74) is 8.24. The zero-order valence-electron chi connectivity index (χ0n) is 14.8. The SMILES string of the molecule is c1ccc(-c2[nH]c3ccccc3c2CC[NH+]2CCc3ccccc32)cc1. The minimum absolute atomic E-state index is 1.08. The number of benzene rings is 3. The summed E-state index contributed by atoms with van der Waals surface area (Å²) in [7, 11) is 0. The van der Waals surface area contributed by atoms with Crippen LogP contribution in [-0.2, 0) is 12.8 Å². The van der Waals surface area contributed by atoms with E-state index in [-0.39, 0.29) is 0 Å². The van der Waals surface area contributed by atoms with Crippen LogP contribution >= 0.6 is 0 Å². The van der Waals surface area contributed by atoms with E-state index in [0.29, 0.717) is 0 Å². The van der Waals surface area contributed by atoms with E-state index in [1.165, 1.54) is 51.9 Å². The van der Waals surface area contributed by atoms with Crippen molar-refractivity contribution in [2.45, 2.75) is 12.8 Å². The molecule has 0 fully saturated rings. The van der Waals surface area contributed by atoms with Crippen LogP contribution in [0.15, 0.2) is 78.9 Å². The summed E-state index contributed by atoms with van der Waals surface area (Å²) in [6.07, 6.45) is 2.28. The Hall–Kier alpha value is -2.84. The first-order valence-electron chi connectivity index (χ1n) is 9.48. The van der Waals surface area contributed by atoms with E-state index >= 15 is 0 Å². The second kappa shape index (κ2) is 6.47. The molecule has 2 N–H and O–H groups in total. The van der Waals surface area contributed by atoms with Crippen molar-refractivity contribution in [2.75, 3.05) is 13.1 Å². The molecule has 1 atom stereocenters. The molecule has 2 nitrogen and oxygen atoms in total. The van der Waals surface area contributed by atoms with Crippen LogP contribution in [0, 0.1) is 0 Å². The Balaban J connectivity index is 1.51. The van der Waals surface area contributed by atoms with Gasteiger partial charge in [-0.05, 0) is 23.3 Å². The van der Waals surface area contributed by atoms with Crippen molar-refractivity contribution in [3.63, 3.8) is 0 Å². The van der Waals surface area contributed by atoms with E-state index in [4.69, 9.17) is 0 Å². The van der Waals surface area contributed by atoms with E-state index in [0.717, 1.165) is 13.0 Å². The van der Waals surface area contributed by atoms with Crippen molar-refractivity contribution in [3.8, 4) is 11.3 Å². The van der Waals surface area contributed by atoms with Gasteiger partial charge in [0, 0.05) is 35.0 Å². The molecule has 2 heterocycles. The normalized spacial score (nSPS) is 16.1. The number of hydrogen-bond donors (Lipinski definition) is 2. The van der Waals surface area contributed by atoms with Crippen LogP contribution in [0.25, 0.3) is 22.2 Å². The summed E-state index contributed by atoms with van der Waals surface area (Å²) in [5, 5.41) is 1.36. The average Bonchev–Trinajstić information content (AvgIpc) is 3.28. The highest BCUT2D eigenvalue weighted by molar-refractivity contribution is 5.90. The second-order valence-corrected chi connectivity index (χ2v) is 7.15. The molecule has 2 heteroatoms. The number of nitrogens with one attached hydrogen (secondary N) is 2. The van der Waals surface area contributed by atoms with Crippen LogP contribution in [0.3, 0.4) is 0 Å². The maximum atomic E-state index is 3.67. The van der Waals surface area contributed by atoms with Gasteiger partial charge in [0.1, 0.15) is 5.69 Å². The molecule has 0 spiro atoms. The molecule has 26 heavy (non-hydrogen) atoms. The highest BCUT2D eigenvalue weighted by atomic mass is 15.1. The van der Waals surface area contributed by atoms with E-state index in [9.17, 15) is 0 Å². The molecular weight excluding hydrogens is 316 g/mol. The first-order valence-corrected chi connectivity index (χ1v) is 9.48. The molecule has 0 bridgehead atoms. The molecule has 3 aromatic carbocycles. The second-order valence-electron chi connectivity index (χ2n) is 7.15. The Morgan fingerprint density at radius 3 is 2.50 bits per heavy atom. The van der Waals surface area contributed by atoms with Crippen LogP contribution in [0.5, 0.6) is 0 Å². The van der Waals surface area contributed by atoms with Gasteiger partial charge in [0.25, 0.3) is 0 Å². The molecule has 128 valence electrons. The molecule has 0 saturated heterocycles. The highest BCUT2D eigenvalue weighted by Gasteiger charge is 2.24. The minimum atomic E-state index is 1.08. The fourth-order valence-corrected chi connectivity index (χ4v) is 4.35. The number of aromatic nitrogens is 1. The maximum absolute atomic E-state index is 3.67. The fraction of sp³-hybridized carbons (Fsp3) is 0.167. The molecule has 0 aliphatic carbocycles. The van der Waals surface area contributed by atoms with E-state index in [2.05, 4.69) is 83.8 Å². The lowest BCUT2D eigenvalue weighted by Crippen LogP contribution is -3.06. The molecule has 0 amide bonds. The molecule has 4 aromatic rings. The van der Waals surface area contributed by atoms with Gasteiger partial charge in [-0.15, -0.1) is 0 Å². The van der Waals surface area contributed by atoms with Gasteiger partial charge in [0.2, 0.25) is 0 Å². The van der Waals surface area contributed by atoms with Crippen LogP contribution < -0.4 is 4.90 Å². The maximum Gasteiger partial charge on any atom is 0.134 e. The van der Waals surface area contributed by atoms with Crippen LogP contribution in [0.4, 0.5) is 5.69 Å². The number of hydrogen-bond acceptors (Lipinski definition) is 0. The summed E-state index contributed by atoms with van der Waals surface area (Å²) >= 11 is 0. The zero-order chi connectivity index (χ0) is 17.3. The van der Waals surface area contributed by atoms with Crippen molar-refractivity contribution < 1.29 is 4.90 Å². The summed E-state index contributed by atoms with van der Waals surface area (Å²) in [4.78, 5) is 5.28. The van der Waals surface area contributed by atoms with Crippen molar-refractivity contribution in [3.05, 3.63) is 90.0 Å². The Morgan fingerprint density at radius 1 is 0.808 bits per heavy atom. The average molecular weight is 339 g/mol. The van der Waals surface area contributed by atoms with Gasteiger partial charge in [0.15, 0.2) is 0 Å². The minimum Gasteiger partial charge on any atom is -0.354 e. The van der Waals surface area contributed by atoms with Gasteiger partial charge in [0.05, 0.1) is 13.1 Å². The number of rotatable bonds is 4. The summed E-state index contributed by atoms with van der Waals surface area (Å²) in [6, 6.07) is 28.3. The molecule has 5 rings (SSSR count). The summed E-state index contributed by atoms with van der Waals surface area (Å²) < 4.78 is 0. The number of aromatic amines is 1. The molecular formula is C24H23N2+. The van der Waals surface area contributed by atoms with Crippen molar-refractivity contribution in [1.82, 2.24) is 4.98 Å². The standard InChI is InChI=1S/C24H22N2/c1-2-9-19(10-3-1)24-21(20-11-5-6-12-22(20)25-24)15-17-26-16-14-18-8-4-7-13-23(18)26/h1-13,25H,14-17H2/p+1. The third kappa shape index (κ3) is 2.63. The fourth-order valence-electron chi connectivity index (χ4n) is 4.35. The zero-order valence-corrected chi connectivity index (χ0v) is 14.8. The molecule has 0 saturated carbocycles. The van der Waals surface area contributed by atoms with Gasteiger partial charge in [-0.3, -0.25) is 0 Å².